The van der Waals surface area contributed by atoms with Gasteiger partial charge in [-0.25, -0.2) is 9.97 Å². The zero-order valence-corrected chi connectivity index (χ0v) is 11.9. The quantitative estimate of drug-likeness (QED) is 0.859. The van der Waals surface area contributed by atoms with Crippen LogP contribution in [0.4, 0.5) is 5.95 Å². The minimum absolute atomic E-state index is 0.0239. The number of aryl methyl sites for hydroxylation is 1. The second-order valence-electron chi connectivity index (χ2n) is 5.69. The Bertz CT molecular complexity index is 506. The molecule has 20 heavy (non-hydrogen) atoms. The highest BCUT2D eigenvalue weighted by Gasteiger charge is 2.36. The molecule has 0 aromatic carbocycles. The highest BCUT2D eigenvalue weighted by atomic mass is 16.2. The van der Waals surface area contributed by atoms with Crippen molar-refractivity contribution in [3.05, 3.63) is 17.5 Å². The normalized spacial score (nSPS) is 20.8. The van der Waals surface area contributed by atoms with Gasteiger partial charge in [-0.15, -0.1) is 0 Å². The Morgan fingerprint density at radius 1 is 1.30 bits per heavy atom. The maximum Gasteiger partial charge on any atom is 0.257 e. The van der Waals surface area contributed by atoms with E-state index in [-0.39, 0.29) is 11.9 Å². The topological polar surface area (TPSA) is 75.3 Å². The SMILES string of the molecule is Cc1nc(N)ncc1C(=O)N1CC(N2CCCCC2)C1. The Labute approximate surface area is 119 Å². The van der Waals surface area contributed by atoms with Crippen LogP contribution in [0.2, 0.25) is 0 Å². The molecule has 6 nitrogen and oxygen atoms in total. The third kappa shape index (κ3) is 2.47. The molecule has 0 unspecified atom stereocenters. The van der Waals surface area contributed by atoms with Gasteiger partial charge in [0.25, 0.3) is 5.91 Å². The number of nitrogens with zero attached hydrogens (tertiary/aromatic N) is 4. The van der Waals surface area contributed by atoms with E-state index in [4.69, 9.17) is 5.73 Å². The van der Waals surface area contributed by atoms with Crippen LogP contribution >= 0.6 is 0 Å². The van der Waals surface area contributed by atoms with Crippen molar-refractivity contribution in [2.24, 2.45) is 0 Å². The first-order chi connectivity index (χ1) is 9.65. The second-order valence-corrected chi connectivity index (χ2v) is 5.69. The van der Waals surface area contributed by atoms with Gasteiger partial charge in [0.15, 0.2) is 0 Å². The monoisotopic (exact) mass is 275 g/mol. The largest absolute Gasteiger partial charge is 0.368 e. The predicted molar refractivity (Wildman–Crippen MR) is 76.3 cm³/mol. The minimum Gasteiger partial charge on any atom is -0.368 e. The van der Waals surface area contributed by atoms with E-state index < -0.39 is 0 Å². The van der Waals surface area contributed by atoms with Gasteiger partial charge < -0.3 is 10.6 Å². The zero-order chi connectivity index (χ0) is 14.1. The van der Waals surface area contributed by atoms with Crippen molar-refractivity contribution in [3.8, 4) is 0 Å². The Kier molecular flexibility index (Phi) is 3.56. The average Bonchev–Trinajstić information content (AvgIpc) is 2.38. The van der Waals surface area contributed by atoms with E-state index in [1.165, 1.54) is 38.5 Å². The molecule has 0 aliphatic carbocycles. The fourth-order valence-electron chi connectivity index (χ4n) is 3.00. The van der Waals surface area contributed by atoms with Crippen LogP contribution in [0.1, 0.15) is 35.3 Å². The van der Waals surface area contributed by atoms with Crippen LogP contribution in [0.3, 0.4) is 0 Å². The number of hydrogen-bond donors (Lipinski definition) is 1. The van der Waals surface area contributed by atoms with Crippen molar-refractivity contribution in [2.45, 2.75) is 32.2 Å². The third-order valence-corrected chi connectivity index (χ3v) is 4.28. The highest BCUT2D eigenvalue weighted by molar-refractivity contribution is 5.95. The van der Waals surface area contributed by atoms with Crippen molar-refractivity contribution in [1.82, 2.24) is 19.8 Å². The van der Waals surface area contributed by atoms with Crippen molar-refractivity contribution >= 4 is 11.9 Å². The predicted octanol–water partition coefficient (Wildman–Crippen LogP) is 0.678. The fourth-order valence-corrected chi connectivity index (χ4v) is 3.00. The van der Waals surface area contributed by atoms with Gasteiger partial charge in [0.1, 0.15) is 0 Å². The Morgan fingerprint density at radius 3 is 2.65 bits per heavy atom. The third-order valence-electron chi connectivity index (χ3n) is 4.28. The number of piperidine rings is 1. The van der Waals surface area contributed by atoms with Gasteiger partial charge in [0.05, 0.1) is 11.3 Å². The number of hydrogen-bond acceptors (Lipinski definition) is 5. The number of likely N-dealkylation sites (tertiary alicyclic amines) is 2. The summed E-state index contributed by atoms with van der Waals surface area (Å²) in [5, 5.41) is 0. The maximum absolute atomic E-state index is 12.4. The summed E-state index contributed by atoms with van der Waals surface area (Å²) in [5.41, 5.74) is 6.74. The molecule has 0 radical (unpaired) electrons. The fraction of sp³-hybridized carbons (Fsp3) is 0.643. The van der Waals surface area contributed by atoms with Crippen LogP contribution < -0.4 is 5.73 Å². The molecule has 2 aliphatic rings. The molecule has 3 rings (SSSR count). The highest BCUT2D eigenvalue weighted by Crippen LogP contribution is 2.22. The molecule has 2 N–H and O–H groups in total. The molecule has 3 heterocycles. The summed E-state index contributed by atoms with van der Waals surface area (Å²) in [6, 6.07) is 0.536. The first kappa shape index (κ1) is 13.3. The molecule has 0 saturated carbocycles. The van der Waals surface area contributed by atoms with Crippen LogP contribution in [0.25, 0.3) is 0 Å². The van der Waals surface area contributed by atoms with Gasteiger partial charge in [-0.1, -0.05) is 6.42 Å². The molecule has 2 aliphatic heterocycles. The molecule has 6 heteroatoms. The lowest BCUT2D eigenvalue weighted by atomic mass is 10.0. The summed E-state index contributed by atoms with van der Waals surface area (Å²) in [6.45, 7) is 5.80. The van der Waals surface area contributed by atoms with E-state index in [2.05, 4.69) is 14.9 Å². The molecule has 2 saturated heterocycles. The number of nitrogens with two attached hydrogens (primary N) is 1. The van der Waals surface area contributed by atoms with E-state index in [0.717, 1.165) is 13.1 Å². The molecule has 2 fully saturated rings. The lowest BCUT2D eigenvalue weighted by Gasteiger charge is -2.46. The minimum atomic E-state index is 0.0239. The Hall–Kier alpha value is -1.69. The van der Waals surface area contributed by atoms with Crippen LogP contribution in [-0.2, 0) is 0 Å². The molecular formula is C14H21N5O. The van der Waals surface area contributed by atoms with E-state index in [0.29, 0.717) is 17.3 Å². The molecule has 0 bridgehead atoms. The Balaban J connectivity index is 1.60. The van der Waals surface area contributed by atoms with Crippen molar-refractivity contribution in [2.75, 3.05) is 31.9 Å². The van der Waals surface area contributed by atoms with Gasteiger partial charge in [-0.2, -0.15) is 0 Å². The number of aromatic nitrogens is 2. The summed E-state index contributed by atoms with van der Waals surface area (Å²) >= 11 is 0. The summed E-state index contributed by atoms with van der Waals surface area (Å²) in [5.74, 6) is 0.240. The number of anilines is 1. The van der Waals surface area contributed by atoms with Crippen molar-refractivity contribution in [3.63, 3.8) is 0 Å². The molecule has 1 aromatic heterocycles. The lowest BCUT2D eigenvalue weighted by molar-refractivity contribution is 0.0202. The zero-order valence-electron chi connectivity index (χ0n) is 11.9. The average molecular weight is 275 g/mol. The molecule has 0 atom stereocenters. The van der Waals surface area contributed by atoms with E-state index in [1.54, 1.807) is 6.92 Å². The van der Waals surface area contributed by atoms with E-state index in [1.807, 2.05) is 4.90 Å². The van der Waals surface area contributed by atoms with Gasteiger partial charge in [-0.3, -0.25) is 9.69 Å². The number of rotatable bonds is 2. The molecule has 1 aromatic rings. The Morgan fingerprint density at radius 2 is 2.00 bits per heavy atom. The lowest BCUT2D eigenvalue weighted by Crippen LogP contribution is -2.61. The van der Waals surface area contributed by atoms with Crippen LogP contribution in [0, 0.1) is 6.92 Å². The maximum atomic E-state index is 12.4. The summed E-state index contributed by atoms with van der Waals surface area (Å²) in [7, 11) is 0. The van der Waals surface area contributed by atoms with Gasteiger partial charge in [0.2, 0.25) is 5.95 Å². The molecular weight excluding hydrogens is 254 g/mol. The summed E-state index contributed by atoms with van der Waals surface area (Å²) < 4.78 is 0. The number of amides is 1. The van der Waals surface area contributed by atoms with E-state index in [9.17, 15) is 4.79 Å². The van der Waals surface area contributed by atoms with Crippen LogP contribution in [0.5, 0.6) is 0 Å². The molecule has 1 amide bonds. The van der Waals surface area contributed by atoms with Gasteiger partial charge >= 0.3 is 0 Å². The summed E-state index contributed by atoms with van der Waals surface area (Å²) in [6.07, 6.45) is 5.45. The van der Waals surface area contributed by atoms with Gasteiger partial charge in [-0.05, 0) is 32.9 Å². The summed E-state index contributed by atoms with van der Waals surface area (Å²) in [4.78, 5) is 24.7. The van der Waals surface area contributed by atoms with Crippen molar-refractivity contribution < 1.29 is 4.79 Å². The van der Waals surface area contributed by atoms with E-state index >= 15 is 0 Å². The van der Waals surface area contributed by atoms with Crippen LogP contribution in [-0.4, -0.2) is 57.9 Å². The van der Waals surface area contributed by atoms with Crippen molar-refractivity contribution in [1.29, 1.82) is 0 Å². The van der Waals surface area contributed by atoms with Gasteiger partial charge in [0, 0.05) is 25.3 Å². The molecule has 0 spiro atoms. The number of carbonyl (C=O) groups excluding carboxylic acids is 1. The van der Waals surface area contributed by atoms with Crippen LogP contribution in [0.15, 0.2) is 6.20 Å². The smallest absolute Gasteiger partial charge is 0.257 e. The number of nitrogen functional groups attached to an aromatic ring is 1. The first-order valence-electron chi connectivity index (χ1n) is 7.27. The number of carbonyl (C=O) groups is 1. The first-order valence-corrected chi connectivity index (χ1v) is 7.27. The molecule has 108 valence electrons. The standard InChI is InChI=1S/C14H21N5O/c1-10-12(7-16-14(15)17-10)13(20)19-8-11(9-19)18-5-3-2-4-6-18/h7,11H,2-6,8-9H2,1H3,(H2,15,16,17). The second kappa shape index (κ2) is 5.36.